The van der Waals surface area contributed by atoms with Gasteiger partial charge in [0.2, 0.25) is 0 Å². The second-order valence-corrected chi connectivity index (χ2v) is 5.68. The molecular formula is C5H7IS. The van der Waals surface area contributed by atoms with Gasteiger partial charge in [0.15, 0.2) is 0 Å². The van der Waals surface area contributed by atoms with Crippen LogP contribution in [0.25, 0.3) is 0 Å². The van der Waals surface area contributed by atoms with E-state index >= 15 is 0 Å². The molecule has 0 nitrogen and oxygen atoms in total. The molecule has 2 heteroatoms. The Morgan fingerprint density at radius 1 is 1.86 bits per heavy atom. The number of alkyl halides is 1. The summed E-state index contributed by atoms with van der Waals surface area (Å²) in [5.41, 5.74) is 0. The van der Waals surface area contributed by atoms with E-state index in [0.29, 0.717) is 20.7 Å². The lowest BCUT2D eigenvalue weighted by Gasteiger charge is -1.96. The molecule has 0 spiro atoms. The van der Waals surface area contributed by atoms with Gasteiger partial charge >= 0.3 is 0 Å². The average molecular weight is 226 g/mol. The summed E-state index contributed by atoms with van der Waals surface area (Å²) in [5, 5.41) is 0. The molecule has 0 aliphatic carbocycles. The van der Waals surface area contributed by atoms with E-state index in [-0.39, 0.29) is 0 Å². The summed E-state index contributed by atoms with van der Waals surface area (Å²) in [6, 6.07) is 0. The fourth-order valence-electron chi connectivity index (χ4n) is 0.339. The van der Waals surface area contributed by atoms with Crippen LogP contribution in [0.3, 0.4) is 0 Å². The smallest absolute Gasteiger partial charge is 0.0143 e. The van der Waals surface area contributed by atoms with Crippen LogP contribution in [0.1, 0.15) is 6.92 Å². The predicted octanol–water partition coefficient (Wildman–Crippen LogP) is 2.37. The first-order chi connectivity index (χ1) is 3.39. The van der Waals surface area contributed by atoms with Gasteiger partial charge in [0.25, 0.3) is 0 Å². The molecule has 0 fully saturated rings. The maximum Gasteiger partial charge on any atom is 0.0143 e. The highest BCUT2D eigenvalue weighted by atomic mass is 127. The van der Waals surface area contributed by atoms with E-state index in [1.807, 2.05) is 11.8 Å². The molecule has 1 aliphatic heterocycles. The molecule has 0 radical (unpaired) electrons. The van der Waals surface area contributed by atoms with E-state index in [4.69, 9.17) is 0 Å². The summed E-state index contributed by atoms with van der Waals surface area (Å²) < 4.78 is 3.73. The van der Waals surface area contributed by atoms with Crippen LogP contribution in [0.4, 0.5) is 0 Å². The topological polar surface area (TPSA) is 0 Å². The molecule has 1 aliphatic rings. The standard InChI is InChI=1S/C5H7IS/c1-5-2-3-6-4-7-5/h2,4H,3H2,1H3. The number of rotatable bonds is 0. The predicted molar refractivity (Wildman–Crippen MR) is 46.3 cm³/mol. The summed E-state index contributed by atoms with van der Waals surface area (Å²) >= 11 is 2.35. The maximum absolute atomic E-state index is 2.37. The van der Waals surface area contributed by atoms with Crippen molar-refractivity contribution in [3.8, 4) is 0 Å². The van der Waals surface area contributed by atoms with Crippen molar-refractivity contribution in [3.05, 3.63) is 11.0 Å². The van der Waals surface area contributed by atoms with Gasteiger partial charge in [0.05, 0.1) is 0 Å². The van der Waals surface area contributed by atoms with E-state index in [1.165, 1.54) is 9.33 Å². The highest BCUT2D eigenvalue weighted by molar-refractivity contribution is 14.2. The third-order valence-corrected chi connectivity index (χ3v) is 4.29. The molecule has 1 rings (SSSR count). The molecule has 1 heterocycles. The summed E-state index contributed by atoms with van der Waals surface area (Å²) in [6.07, 6.45) is 2.33. The van der Waals surface area contributed by atoms with Crippen molar-refractivity contribution in [1.29, 1.82) is 0 Å². The molecule has 0 N–H and O–H groups in total. The van der Waals surface area contributed by atoms with Gasteiger partial charge in [-0.2, -0.15) is 0 Å². The molecule has 7 heavy (non-hydrogen) atoms. The molecule has 0 saturated heterocycles. The Kier molecular flexibility index (Phi) is 2.38. The fourth-order valence-corrected chi connectivity index (χ4v) is 4.37. The van der Waals surface area contributed by atoms with Crippen molar-refractivity contribution < 1.29 is 0 Å². The van der Waals surface area contributed by atoms with Gasteiger partial charge < -0.3 is 0 Å². The van der Waals surface area contributed by atoms with E-state index in [9.17, 15) is 0 Å². The third-order valence-electron chi connectivity index (χ3n) is 0.747. The second-order valence-electron chi connectivity index (χ2n) is 1.33. The van der Waals surface area contributed by atoms with E-state index < -0.39 is 0 Å². The molecule has 0 aromatic carbocycles. The number of hydrogen-bond acceptors (Lipinski definition) is 1. The van der Waals surface area contributed by atoms with Crippen LogP contribution in [0, 0.1) is 0 Å². The third kappa shape index (κ3) is 1.95. The summed E-state index contributed by atoms with van der Waals surface area (Å²) in [6.45, 7) is 2.17. The first-order valence-electron chi connectivity index (χ1n) is 2.12. The summed E-state index contributed by atoms with van der Waals surface area (Å²) in [7, 11) is 0. The van der Waals surface area contributed by atoms with Crippen molar-refractivity contribution in [2.45, 2.75) is 6.92 Å². The molecule has 0 bridgehead atoms. The molecule has 0 saturated carbocycles. The molecule has 0 atom stereocenters. The van der Waals surface area contributed by atoms with E-state index in [0.717, 1.165) is 0 Å². The maximum atomic E-state index is 2.37. The zero-order valence-corrected chi connectivity index (χ0v) is 7.12. The minimum atomic E-state index is 0.449. The summed E-state index contributed by atoms with van der Waals surface area (Å²) in [5.74, 6) is 0. The van der Waals surface area contributed by atoms with Crippen LogP contribution < -0.4 is 0 Å². The average Bonchev–Trinajstić information content (AvgIpc) is 1.69. The van der Waals surface area contributed by atoms with Crippen LogP contribution in [-0.4, -0.2) is 7.77 Å². The first-order valence-corrected chi connectivity index (χ1v) is 5.77. The van der Waals surface area contributed by atoms with E-state index in [2.05, 4.69) is 16.3 Å². The zero-order valence-electron chi connectivity index (χ0n) is 4.15. The number of allylic oxidation sites excluding steroid dienone is 2. The van der Waals surface area contributed by atoms with Gasteiger partial charge in [-0.15, -0.1) is 20.7 Å². The number of thioether (sulfide) groups is 1. The van der Waals surface area contributed by atoms with E-state index in [1.54, 1.807) is 0 Å². The van der Waals surface area contributed by atoms with Crippen molar-refractivity contribution in [2.75, 3.05) is 4.43 Å². The van der Waals surface area contributed by atoms with Crippen LogP contribution in [0.2, 0.25) is 0 Å². The van der Waals surface area contributed by atoms with Crippen LogP contribution in [-0.2, 0) is 0 Å². The van der Waals surface area contributed by atoms with Gasteiger partial charge in [-0.3, -0.25) is 0 Å². The largest absolute Gasteiger partial charge is 0.111 e. The molecule has 0 aromatic heterocycles. The van der Waals surface area contributed by atoms with Gasteiger partial charge in [-0.25, -0.2) is 0 Å². The molecule has 0 aromatic rings. The number of halogens is 1. The molecule has 0 unspecified atom stereocenters. The van der Waals surface area contributed by atoms with Crippen molar-refractivity contribution in [2.24, 2.45) is 0 Å². The lowest BCUT2D eigenvalue weighted by Crippen LogP contribution is -1.74. The normalized spacial score (nSPS) is 20.4. The van der Waals surface area contributed by atoms with Gasteiger partial charge in [-0.05, 0) is 11.8 Å². The Morgan fingerprint density at radius 2 is 2.71 bits per heavy atom. The van der Waals surface area contributed by atoms with Crippen molar-refractivity contribution >= 4 is 35.8 Å². The highest BCUT2D eigenvalue weighted by Crippen LogP contribution is 2.20. The minimum Gasteiger partial charge on any atom is -0.111 e. The Balaban J connectivity index is 2.50. The lowest BCUT2D eigenvalue weighted by molar-refractivity contribution is 1.63. The quantitative estimate of drug-likeness (QED) is 0.451. The Hall–Kier alpha value is 0.690. The minimum absolute atomic E-state index is 0.449. The Bertz CT molecular complexity index is 115. The fraction of sp³-hybridized carbons (Fsp3) is 0.400. The molecular weight excluding hydrogens is 219 g/mol. The Morgan fingerprint density at radius 3 is 3.00 bits per heavy atom. The number of hydrogen-bond donors (Lipinski definition) is 0. The monoisotopic (exact) mass is 226 g/mol. The van der Waals surface area contributed by atoms with Gasteiger partial charge in [-0.1, -0.05) is 17.8 Å². The zero-order chi connectivity index (χ0) is 5.11. The second kappa shape index (κ2) is 2.87. The SMILES string of the molecule is CC1=CCI=CS1. The lowest BCUT2D eigenvalue weighted by atomic mass is 10.6. The van der Waals surface area contributed by atoms with Crippen molar-refractivity contribution in [1.82, 2.24) is 0 Å². The molecule has 0 amide bonds. The Labute approximate surface area is 58.1 Å². The van der Waals surface area contributed by atoms with Crippen LogP contribution >= 0.6 is 32.5 Å². The van der Waals surface area contributed by atoms with Crippen molar-refractivity contribution in [3.63, 3.8) is 0 Å². The van der Waals surface area contributed by atoms with Crippen LogP contribution in [0.15, 0.2) is 11.0 Å². The van der Waals surface area contributed by atoms with Gasteiger partial charge in [0.1, 0.15) is 0 Å². The highest BCUT2D eigenvalue weighted by Gasteiger charge is 1.88. The first kappa shape index (κ1) is 5.82. The molecule has 40 valence electrons. The van der Waals surface area contributed by atoms with Crippen LogP contribution in [0.5, 0.6) is 0 Å². The van der Waals surface area contributed by atoms with Gasteiger partial charge in [0, 0.05) is 7.77 Å². The summed E-state index contributed by atoms with van der Waals surface area (Å²) in [4.78, 5) is 1.48.